The second-order valence-corrected chi connectivity index (χ2v) is 3.77. The number of halogens is 1. The van der Waals surface area contributed by atoms with E-state index in [-0.39, 0.29) is 0 Å². The molecule has 66 valence electrons. The first-order valence-corrected chi connectivity index (χ1v) is 4.86. The van der Waals surface area contributed by atoms with E-state index in [0.717, 1.165) is 16.8 Å². The summed E-state index contributed by atoms with van der Waals surface area (Å²) in [5.74, 6) is 0. The van der Waals surface area contributed by atoms with Crippen LogP contribution in [0.15, 0.2) is 4.60 Å². The Morgan fingerprint density at radius 1 is 1.58 bits per heavy atom. The Balaban J connectivity index is 2.18. The van der Waals surface area contributed by atoms with Crippen LogP contribution in [0.2, 0.25) is 0 Å². The molecule has 0 spiro atoms. The normalized spacial score (nSPS) is 16.8. The van der Waals surface area contributed by atoms with E-state index in [1.165, 1.54) is 12.8 Å². The zero-order valence-corrected chi connectivity index (χ0v) is 8.50. The zero-order chi connectivity index (χ0) is 8.55. The van der Waals surface area contributed by atoms with Gasteiger partial charge in [0.1, 0.15) is 5.69 Å². The van der Waals surface area contributed by atoms with Gasteiger partial charge < -0.3 is 5.32 Å². The van der Waals surface area contributed by atoms with Gasteiger partial charge in [0.15, 0.2) is 4.60 Å². The summed E-state index contributed by atoms with van der Waals surface area (Å²) in [7, 11) is 1.91. The molecule has 0 unspecified atom stereocenters. The van der Waals surface area contributed by atoms with Crippen molar-refractivity contribution in [1.29, 1.82) is 0 Å². The summed E-state index contributed by atoms with van der Waals surface area (Å²) < 4.78 is 0.865. The maximum Gasteiger partial charge on any atom is 0.152 e. The maximum absolute atomic E-state index is 4.36. The molecule has 2 rings (SSSR count). The van der Waals surface area contributed by atoms with E-state index < -0.39 is 0 Å². The molecule has 1 aliphatic carbocycles. The molecule has 1 heterocycles. The molecule has 1 aromatic rings. The minimum atomic E-state index is 0.562. The number of rotatable bonds is 3. The van der Waals surface area contributed by atoms with Crippen molar-refractivity contribution in [3.63, 3.8) is 0 Å². The van der Waals surface area contributed by atoms with Gasteiger partial charge in [-0.1, -0.05) is 0 Å². The largest absolute Gasteiger partial charge is 0.314 e. The Morgan fingerprint density at radius 2 is 2.33 bits per heavy atom. The van der Waals surface area contributed by atoms with Crippen molar-refractivity contribution in [3.05, 3.63) is 10.3 Å². The molecule has 1 N–H and O–H groups in total. The third-order valence-corrected chi connectivity index (χ3v) is 2.49. The fourth-order valence-electron chi connectivity index (χ4n) is 1.08. The Labute approximate surface area is 79.5 Å². The fraction of sp³-hybridized carbons (Fsp3) is 0.714. The fourth-order valence-corrected chi connectivity index (χ4v) is 1.46. The van der Waals surface area contributed by atoms with Crippen LogP contribution < -0.4 is 5.32 Å². The van der Waals surface area contributed by atoms with Crippen LogP contribution in [0.5, 0.6) is 0 Å². The van der Waals surface area contributed by atoms with E-state index in [1.54, 1.807) is 0 Å². The summed E-state index contributed by atoms with van der Waals surface area (Å²) in [5, 5.41) is 11.7. The predicted octanol–water partition coefficient (Wildman–Crippen LogP) is 1.09. The molecule has 0 radical (unpaired) electrons. The van der Waals surface area contributed by atoms with E-state index in [1.807, 2.05) is 11.8 Å². The molecule has 1 fully saturated rings. The Bertz CT molecular complexity index is 279. The molecule has 0 aromatic carbocycles. The van der Waals surface area contributed by atoms with E-state index in [4.69, 9.17) is 0 Å². The number of hydrogen-bond donors (Lipinski definition) is 1. The molecule has 0 amide bonds. The van der Waals surface area contributed by atoms with Crippen LogP contribution in [-0.4, -0.2) is 22.0 Å². The predicted molar refractivity (Wildman–Crippen MR) is 48.8 cm³/mol. The first-order chi connectivity index (χ1) is 5.81. The number of hydrogen-bond acceptors (Lipinski definition) is 3. The quantitative estimate of drug-likeness (QED) is 0.846. The SMILES string of the molecule is CNCc1nn(C2CC2)nc1Br. The first-order valence-electron chi connectivity index (χ1n) is 4.07. The van der Waals surface area contributed by atoms with Gasteiger partial charge in [-0.15, -0.1) is 5.10 Å². The molecule has 1 aliphatic rings. The molecule has 0 atom stereocenters. The molecular weight excluding hydrogens is 220 g/mol. The summed E-state index contributed by atoms with van der Waals surface area (Å²) in [6, 6.07) is 0.562. The van der Waals surface area contributed by atoms with Gasteiger partial charge in [-0.25, -0.2) is 0 Å². The first kappa shape index (κ1) is 8.19. The van der Waals surface area contributed by atoms with Crippen LogP contribution in [-0.2, 0) is 6.54 Å². The lowest BCUT2D eigenvalue weighted by Crippen LogP contribution is -2.07. The smallest absolute Gasteiger partial charge is 0.152 e. The molecular formula is C7H11BrN4. The summed E-state index contributed by atoms with van der Waals surface area (Å²) in [6.07, 6.45) is 2.44. The Hall–Kier alpha value is -0.420. The third-order valence-electron chi connectivity index (χ3n) is 1.87. The summed E-state index contributed by atoms with van der Waals surface area (Å²) in [4.78, 5) is 1.82. The molecule has 12 heavy (non-hydrogen) atoms. The summed E-state index contributed by atoms with van der Waals surface area (Å²) in [6.45, 7) is 0.771. The summed E-state index contributed by atoms with van der Waals surface area (Å²) in [5.41, 5.74) is 0.990. The van der Waals surface area contributed by atoms with Crippen molar-refractivity contribution < 1.29 is 0 Å². The van der Waals surface area contributed by atoms with Gasteiger partial charge in [-0.2, -0.15) is 9.90 Å². The second kappa shape index (κ2) is 3.14. The topological polar surface area (TPSA) is 42.7 Å². The van der Waals surface area contributed by atoms with Gasteiger partial charge >= 0.3 is 0 Å². The highest BCUT2D eigenvalue weighted by atomic mass is 79.9. The van der Waals surface area contributed by atoms with Crippen LogP contribution in [0.25, 0.3) is 0 Å². The van der Waals surface area contributed by atoms with Crippen molar-refractivity contribution in [2.45, 2.75) is 25.4 Å². The van der Waals surface area contributed by atoms with Crippen LogP contribution >= 0.6 is 15.9 Å². The molecule has 1 aromatic heterocycles. The van der Waals surface area contributed by atoms with E-state index in [2.05, 4.69) is 31.4 Å². The van der Waals surface area contributed by atoms with Gasteiger partial charge in [-0.3, -0.25) is 0 Å². The average molecular weight is 231 g/mol. The van der Waals surface area contributed by atoms with Gasteiger partial charge in [0.25, 0.3) is 0 Å². The lowest BCUT2D eigenvalue weighted by atomic mass is 10.5. The van der Waals surface area contributed by atoms with Crippen molar-refractivity contribution in [2.24, 2.45) is 0 Å². The van der Waals surface area contributed by atoms with Crippen LogP contribution in [0.1, 0.15) is 24.6 Å². The molecule has 0 saturated heterocycles. The van der Waals surface area contributed by atoms with E-state index >= 15 is 0 Å². The van der Waals surface area contributed by atoms with E-state index in [0.29, 0.717) is 6.04 Å². The standard InChI is InChI=1S/C7H11BrN4/c1-9-4-6-7(8)11-12(10-6)5-2-3-5/h5,9H,2-4H2,1H3. The van der Waals surface area contributed by atoms with Crippen molar-refractivity contribution in [1.82, 2.24) is 20.3 Å². The van der Waals surface area contributed by atoms with Gasteiger partial charge in [0.05, 0.1) is 6.04 Å². The molecule has 0 bridgehead atoms. The van der Waals surface area contributed by atoms with Gasteiger partial charge in [0, 0.05) is 6.54 Å². The highest BCUT2D eigenvalue weighted by molar-refractivity contribution is 9.10. The molecule has 4 nitrogen and oxygen atoms in total. The average Bonchev–Trinajstić information content (AvgIpc) is 2.80. The van der Waals surface area contributed by atoms with Crippen LogP contribution in [0, 0.1) is 0 Å². The highest BCUT2D eigenvalue weighted by Gasteiger charge is 2.26. The molecule has 0 aliphatic heterocycles. The molecule has 5 heteroatoms. The van der Waals surface area contributed by atoms with Gasteiger partial charge in [-0.05, 0) is 35.8 Å². The minimum absolute atomic E-state index is 0.562. The van der Waals surface area contributed by atoms with Crippen LogP contribution in [0.3, 0.4) is 0 Å². The van der Waals surface area contributed by atoms with Crippen molar-refractivity contribution in [2.75, 3.05) is 7.05 Å². The Morgan fingerprint density at radius 3 is 2.92 bits per heavy atom. The Kier molecular flexibility index (Phi) is 2.14. The molecule has 1 saturated carbocycles. The second-order valence-electron chi connectivity index (χ2n) is 3.02. The van der Waals surface area contributed by atoms with E-state index in [9.17, 15) is 0 Å². The lowest BCUT2D eigenvalue weighted by Gasteiger charge is -1.92. The minimum Gasteiger partial charge on any atom is -0.314 e. The van der Waals surface area contributed by atoms with Gasteiger partial charge in [0.2, 0.25) is 0 Å². The van der Waals surface area contributed by atoms with Crippen molar-refractivity contribution >= 4 is 15.9 Å². The number of nitrogens with one attached hydrogen (secondary N) is 1. The van der Waals surface area contributed by atoms with Crippen LogP contribution in [0.4, 0.5) is 0 Å². The zero-order valence-electron chi connectivity index (χ0n) is 6.92. The third kappa shape index (κ3) is 1.51. The van der Waals surface area contributed by atoms with Crippen molar-refractivity contribution in [3.8, 4) is 0 Å². The monoisotopic (exact) mass is 230 g/mol. The maximum atomic E-state index is 4.36. The lowest BCUT2D eigenvalue weighted by molar-refractivity contribution is 0.544. The highest BCUT2D eigenvalue weighted by Crippen LogP contribution is 2.33. The summed E-state index contributed by atoms with van der Waals surface area (Å²) >= 11 is 3.38. The number of nitrogens with zero attached hydrogens (tertiary/aromatic N) is 3. The number of aromatic nitrogens is 3.